The minimum atomic E-state index is -1.80. The second kappa shape index (κ2) is 39.3. The Labute approximate surface area is 492 Å². The van der Waals surface area contributed by atoms with E-state index in [-0.39, 0.29) is 38.0 Å². The van der Waals surface area contributed by atoms with Gasteiger partial charge in [-0.15, -0.1) is 0 Å². The van der Waals surface area contributed by atoms with Crippen LogP contribution in [0.4, 0.5) is 0 Å². The Kier molecular flexibility index (Phi) is 35.4. The summed E-state index contributed by atoms with van der Waals surface area (Å²) in [5.41, 5.74) is 17.2. The van der Waals surface area contributed by atoms with Gasteiger partial charge in [0.1, 0.15) is 60.4 Å². The van der Waals surface area contributed by atoms with E-state index in [0.29, 0.717) is 29.2 Å². The zero-order valence-corrected chi connectivity index (χ0v) is 50.8. The average molecular weight is 1210 g/mol. The lowest BCUT2D eigenvalue weighted by molar-refractivity contribution is -0.144. The highest BCUT2D eigenvalue weighted by atomic mass is 32.2. The predicted molar refractivity (Wildman–Crippen MR) is 315 cm³/mol. The zero-order valence-electron chi connectivity index (χ0n) is 48.3. The summed E-state index contributed by atoms with van der Waals surface area (Å²) in [7, 11) is 0. The van der Waals surface area contributed by atoms with Crippen molar-refractivity contribution in [2.75, 3.05) is 42.6 Å². The Morgan fingerprint density at radius 2 is 0.890 bits per heavy atom. The minimum Gasteiger partial charge on any atom is -0.480 e. The number of carboxylic acids is 1. The number of aliphatic hydroxyl groups is 1. The summed E-state index contributed by atoms with van der Waals surface area (Å²) in [6, 6.07) is -5.36. The number of amides is 11. The molecular formula is C53H88N12O14S3. The van der Waals surface area contributed by atoms with Gasteiger partial charge in [-0.3, -0.25) is 52.7 Å². The van der Waals surface area contributed by atoms with Crippen LogP contribution >= 0.6 is 35.3 Å². The number of nitrogens with one attached hydrogen (secondary N) is 9. The highest BCUT2D eigenvalue weighted by molar-refractivity contribution is 7.98. The molecule has 0 aliphatic heterocycles. The maximum absolute atomic E-state index is 14.4. The lowest BCUT2D eigenvalue weighted by Gasteiger charge is -2.29. The van der Waals surface area contributed by atoms with Gasteiger partial charge in [-0.05, 0) is 91.4 Å². The molecule has 11 atom stereocenters. The first-order chi connectivity index (χ1) is 38.6. The van der Waals surface area contributed by atoms with E-state index < -0.39 is 169 Å². The van der Waals surface area contributed by atoms with Gasteiger partial charge in [0.15, 0.2) is 0 Å². The fraction of sp³-hybridized carbons (Fsp3) is 0.660. The largest absolute Gasteiger partial charge is 0.480 e. The van der Waals surface area contributed by atoms with E-state index in [1.54, 1.807) is 90.6 Å². The molecule has 0 saturated carbocycles. The van der Waals surface area contributed by atoms with Crippen molar-refractivity contribution < 1.29 is 67.7 Å². The number of thioether (sulfide) groups is 3. The van der Waals surface area contributed by atoms with E-state index in [9.17, 15) is 67.7 Å². The lowest BCUT2D eigenvalue weighted by atomic mass is 9.97. The quantitative estimate of drug-likeness (QED) is 0.0342. The molecule has 0 aliphatic rings. The second-order valence-corrected chi connectivity index (χ2v) is 23.5. The average Bonchev–Trinajstić information content (AvgIpc) is 3.42. The highest BCUT2D eigenvalue weighted by Crippen LogP contribution is 2.14. The molecular weight excluding hydrogens is 1120 g/mol. The van der Waals surface area contributed by atoms with Gasteiger partial charge < -0.3 is 75.3 Å². The number of rotatable bonds is 41. The number of benzene rings is 1. The number of carboxylic acid groups (broad SMARTS) is 1. The van der Waals surface area contributed by atoms with Gasteiger partial charge in [-0.25, -0.2) is 4.79 Å². The third kappa shape index (κ3) is 27.7. The molecule has 0 bridgehead atoms. The first kappa shape index (κ1) is 73.8. The Morgan fingerprint density at radius 3 is 1.30 bits per heavy atom. The van der Waals surface area contributed by atoms with E-state index in [4.69, 9.17) is 17.2 Å². The van der Waals surface area contributed by atoms with Crippen LogP contribution in [0.15, 0.2) is 30.3 Å². The van der Waals surface area contributed by atoms with Gasteiger partial charge in [0.05, 0.1) is 13.0 Å². The van der Waals surface area contributed by atoms with Gasteiger partial charge in [-0.2, -0.15) is 35.3 Å². The van der Waals surface area contributed by atoms with Gasteiger partial charge in [0, 0.05) is 12.8 Å². The number of primary amides is 2. The maximum atomic E-state index is 14.4. The standard InChI is InChI=1S/C53H88N12O14S3/c1-10-30(6)43(53(78)79)65-51(76)37(24-28(2)3)61-45(70)33(16-17-40(55)67)58-50(75)39(26-41(56)68)62-49(74)38(25-31-14-12-11-13-15-31)63-52(77)42(29(4)5)64-48(73)36(20-23-82-9)60-47(72)35(19-22-81-8)59-46(71)34(18-21-80-7)57-44(69)32(54)27-66/h11-15,28-30,32-39,42-43,66H,10,16-27,54H2,1-9H3,(H2,55,67)(H2,56,68)(H,57,69)(H,58,75)(H,59,71)(H,60,72)(H,61,70)(H,62,74)(H,63,77)(H,64,73)(H,65,76)(H,78,79)/t30-,32-,33-,34-,35-,36-,37-,38-,39-,42-,43-/m0/s1. The van der Waals surface area contributed by atoms with Gasteiger partial charge in [0.2, 0.25) is 65.0 Å². The summed E-state index contributed by atoms with van der Waals surface area (Å²) in [6.45, 7) is 9.46. The first-order valence-electron chi connectivity index (χ1n) is 27.0. The van der Waals surface area contributed by atoms with Gasteiger partial charge >= 0.3 is 5.97 Å². The summed E-state index contributed by atoms with van der Waals surface area (Å²) in [6.07, 6.45) is 4.29. The molecule has 26 nitrogen and oxygen atoms in total. The smallest absolute Gasteiger partial charge is 0.326 e. The molecule has 1 aromatic carbocycles. The molecule has 1 aromatic rings. The van der Waals surface area contributed by atoms with E-state index >= 15 is 0 Å². The van der Waals surface area contributed by atoms with E-state index in [0.717, 1.165) is 0 Å². The Bertz CT molecular complexity index is 2290. The van der Waals surface area contributed by atoms with Crippen LogP contribution in [-0.4, -0.2) is 184 Å². The molecule has 0 saturated heterocycles. The molecule has 0 heterocycles. The van der Waals surface area contributed by atoms with Crippen molar-refractivity contribution in [2.45, 2.75) is 160 Å². The monoisotopic (exact) mass is 1210 g/mol. The van der Waals surface area contributed by atoms with Crippen molar-refractivity contribution in [1.82, 2.24) is 47.9 Å². The molecule has 29 heteroatoms. The van der Waals surface area contributed by atoms with Crippen LogP contribution in [0.25, 0.3) is 0 Å². The zero-order chi connectivity index (χ0) is 62.2. The summed E-state index contributed by atoms with van der Waals surface area (Å²) < 4.78 is 0. The number of carbonyl (C=O) groups excluding carboxylic acids is 11. The van der Waals surface area contributed by atoms with Crippen molar-refractivity contribution in [3.63, 3.8) is 0 Å². The molecule has 0 radical (unpaired) electrons. The van der Waals surface area contributed by atoms with Gasteiger partial charge in [-0.1, -0.05) is 78.3 Å². The first-order valence-corrected chi connectivity index (χ1v) is 31.2. The number of aliphatic hydroxyl groups excluding tert-OH is 1. The summed E-state index contributed by atoms with van der Waals surface area (Å²) in [5.74, 6) is -11.1. The molecule has 11 amide bonds. The number of nitrogens with two attached hydrogens (primary N) is 3. The molecule has 1 rings (SSSR count). The molecule has 17 N–H and O–H groups in total. The third-order valence-corrected chi connectivity index (χ3v) is 14.8. The van der Waals surface area contributed by atoms with Gasteiger partial charge in [0.25, 0.3) is 0 Å². The van der Waals surface area contributed by atoms with Crippen LogP contribution in [0, 0.1) is 17.8 Å². The number of hydrogen-bond donors (Lipinski definition) is 14. The Morgan fingerprint density at radius 1 is 0.500 bits per heavy atom. The summed E-state index contributed by atoms with van der Waals surface area (Å²) in [4.78, 5) is 161. The highest BCUT2D eigenvalue weighted by Gasteiger charge is 2.37. The van der Waals surface area contributed by atoms with E-state index in [2.05, 4.69) is 47.9 Å². The van der Waals surface area contributed by atoms with Crippen molar-refractivity contribution in [2.24, 2.45) is 35.0 Å². The molecule has 0 aliphatic carbocycles. The van der Waals surface area contributed by atoms with Crippen LogP contribution in [0.2, 0.25) is 0 Å². The SMILES string of the molecule is CC[C@H](C)[C@H](NC(=O)[C@H](CC(C)C)NC(=O)[C@H](CCC(N)=O)NC(=O)[C@H](CC(N)=O)NC(=O)[C@H](Cc1ccccc1)NC(=O)[C@@H](NC(=O)[C@H](CCSC)NC(=O)[C@H](CCSC)NC(=O)[C@H](CCSC)NC(=O)[C@@H](N)CO)C(C)C)C(=O)O. The summed E-state index contributed by atoms with van der Waals surface area (Å²) in [5, 5.41) is 42.4. The molecule has 0 unspecified atom stereocenters. The fourth-order valence-corrected chi connectivity index (χ4v) is 9.37. The van der Waals surface area contributed by atoms with Crippen molar-refractivity contribution in [1.29, 1.82) is 0 Å². The molecule has 0 aromatic heterocycles. The molecule has 462 valence electrons. The molecule has 82 heavy (non-hydrogen) atoms. The van der Waals surface area contributed by atoms with E-state index in [1.165, 1.54) is 35.3 Å². The minimum absolute atomic E-state index is 0.0278. The van der Waals surface area contributed by atoms with Crippen molar-refractivity contribution >= 4 is 106 Å². The maximum Gasteiger partial charge on any atom is 0.326 e. The Hall–Kier alpha value is -6.17. The van der Waals surface area contributed by atoms with Crippen LogP contribution in [0.1, 0.15) is 98.5 Å². The number of hydrogen-bond acceptors (Lipinski definition) is 17. The second-order valence-electron chi connectivity index (χ2n) is 20.5. The number of carbonyl (C=O) groups is 12. The third-order valence-electron chi connectivity index (χ3n) is 12.9. The summed E-state index contributed by atoms with van der Waals surface area (Å²) >= 11 is 4.18. The molecule has 0 spiro atoms. The predicted octanol–water partition coefficient (Wildman–Crippen LogP) is -1.86. The van der Waals surface area contributed by atoms with Crippen LogP contribution in [-0.2, 0) is 64.0 Å². The lowest BCUT2D eigenvalue weighted by Crippen LogP contribution is -2.62. The van der Waals surface area contributed by atoms with Crippen molar-refractivity contribution in [3.8, 4) is 0 Å². The van der Waals surface area contributed by atoms with Crippen LogP contribution < -0.4 is 65.1 Å². The van der Waals surface area contributed by atoms with Crippen LogP contribution in [0.3, 0.4) is 0 Å². The Balaban J connectivity index is 3.61. The van der Waals surface area contributed by atoms with Crippen molar-refractivity contribution in [3.05, 3.63) is 35.9 Å². The number of aliphatic carboxylic acids is 1. The topological polar surface area (TPSA) is 432 Å². The fourth-order valence-electron chi connectivity index (χ4n) is 7.95. The normalized spacial score (nSPS) is 15.2. The van der Waals surface area contributed by atoms with Crippen LogP contribution in [0.5, 0.6) is 0 Å². The van der Waals surface area contributed by atoms with E-state index in [1.807, 2.05) is 0 Å². The molecule has 0 fully saturated rings.